The van der Waals surface area contributed by atoms with Gasteiger partial charge in [-0.15, -0.1) is 12.6 Å². The second kappa shape index (κ2) is 35.8. The van der Waals surface area contributed by atoms with Crippen LogP contribution in [0.5, 0.6) is 0 Å². The molecule has 36 heteroatoms. The predicted molar refractivity (Wildman–Crippen MR) is 526 cm³/mol. The Labute approximate surface area is 810 Å². The summed E-state index contributed by atoms with van der Waals surface area (Å²) in [6.45, 7) is 2.08. The number of hydrogen-bond acceptors (Lipinski definition) is 24. The molecule has 0 radical (unpaired) electrons. The quantitative estimate of drug-likeness (QED) is 0.0216. The SMILES string of the molecule is CN1C(=O)[C@@]23C[C@]4(C5=CCc6ccccc65)c5ccccc5N(S(=O)(=O)c5ccccc5)[C@@H]4N2C(=O)[C@@H]1SS3.COCCOCS[C@H]1C(=O)N2[C@H]3N(S(=O)(=O)c4ccccc4)c4ccccc4[C@@]3(C3=CCc4ccccc43)C[C@]2(S)C(=O)N1C.COCCOCS[C@H]1C(=O)N2[C@H]3N(S(=O)(=O)c4ccccc4)c4ccccc4[C@@]3(C3=CCc4ccccc43)C[C@]2(SCOCCOC)C(=O)N1C. The number of allylic oxidation sites excluding steroid dienone is 3. The van der Waals surface area contributed by atoms with Crippen LogP contribution in [0.25, 0.3) is 16.7 Å². The van der Waals surface area contributed by atoms with E-state index in [9.17, 15) is 36.0 Å². The van der Waals surface area contributed by atoms with Crippen LogP contribution >= 0.6 is 69.5 Å². The van der Waals surface area contributed by atoms with E-state index in [0.29, 0.717) is 82.4 Å². The molecule has 27 nitrogen and oxygen atoms in total. The number of amides is 6. The van der Waals surface area contributed by atoms with Crippen LogP contribution in [0.15, 0.2) is 270 Å². The van der Waals surface area contributed by atoms with Gasteiger partial charge >= 0.3 is 0 Å². The van der Waals surface area contributed by atoms with E-state index >= 15 is 18.0 Å². The van der Waals surface area contributed by atoms with Crippen LogP contribution in [0.1, 0.15) is 69.3 Å². The number of sulfonamides is 3. The van der Waals surface area contributed by atoms with Crippen molar-refractivity contribution in [2.45, 2.75) is 119 Å². The Hall–Kier alpha value is -9.87. The summed E-state index contributed by atoms with van der Waals surface area (Å²) in [7, 11) is -0.153. The average Bonchev–Trinajstić information content (AvgIpc) is 1.50. The summed E-state index contributed by atoms with van der Waals surface area (Å²) in [5, 5.41) is -2.60. The number of likely N-dealkylation sites (N-methyl/N-ethyl adjacent to an activating group) is 3. The number of anilines is 3. The highest BCUT2D eigenvalue weighted by molar-refractivity contribution is 8.78. The molecule has 135 heavy (non-hydrogen) atoms. The van der Waals surface area contributed by atoms with Crippen LogP contribution in [0.2, 0.25) is 0 Å². The Kier molecular flexibility index (Phi) is 24.6. The normalized spacial score (nSPS) is 27.2. The van der Waals surface area contributed by atoms with Gasteiger partial charge in [-0.25, -0.2) is 38.2 Å². The highest BCUT2D eigenvalue weighted by atomic mass is 33.1. The number of methoxy groups -OCH3 is 3. The summed E-state index contributed by atoms with van der Waals surface area (Å²) in [5.41, 5.74) is 9.93. The number of benzene rings is 9. The van der Waals surface area contributed by atoms with Gasteiger partial charge in [-0.3, -0.25) is 43.5 Å². The minimum absolute atomic E-state index is 0.0795. The van der Waals surface area contributed by atoms with E-state index in [1.165, 1.54) is 89.4 Å². The molecule has 9 aromatic carbocycles. The molecular formula is C99H97N9O18S9. The van der Waals surface area contributed by atoms with E-state index < -0.39 is 101 Å². The summed E-state index contributed by atoms with van der Waals surface area (Å²) < 4.78 is 126. The summed E-state index contributed by atoms with van der Waals surface area (Å²) in [6, 6.07) is 71.5. The zero-order valence-electron chi connectivity index (χ0n) is 74.4. The lowest BCUT2D eigenvalue weighted by atomic mass is 9.70. The van der Waals surface area contributed by atoms with Crippen LogP contribution in [0.4, 0.5) is 17.1 Å². The molecule has 0 unspecified atom stereocenters. The van der Waals surface area contributed by atoms with Crippen molar-refractivity contribution in [2.75, 3.05) is 113 Å². The Morgan fingerprint density at radius 1 is 0.378 bits per heavy atom. The molecule has 8 fully saturated rings. The highest BCUT2D eigenvalue weighted by Crippen LogP contribution is 2.73. The van der Waals surface area contributed by atoms with Gasteiger partial charge in [0.25, 0.3) is 65.5 Å². The smallest absolute Gasteiger partial charge is 0.266 e. The predicted octanol–water partition coefficient (Wildman–Crippen LogP) is 12.9. The number of carbonyl (C=O) groups excluding carboxylic acids is 6. The van der Waals surface area contributed by atoms with Gasteiger partial charge in [0.2, 0.25) is 0 Å². The monoisotopic (exact) mass is 1990 g/mol. The Morgan fingerprint density at radius 2 is 0.726 bits per heavy atom. The molecule has 3 aliphatic carbocycles. The third kappa shape index (κ3) is 14.0. The molecule has 9 aromatic rings. The maximum absolute atomic E-state index is 15.2. The van der Waals surface area contributed by atoms with Gasteiger partial charge in [0.15, 0.2) is 30.7 Å². The number of hydrogen-bond donors (Lipinski definition) is 1. The maximum atomic E-state index is 15.2. The standard InChI is InChI=1S/C37H41N3O8S3.C33H33N3O6S3.C29H23N3O4S3/c1-38-33(49-24-47-21-19-45-2)32(41)39-34-36(29-18-17-26-11-7-8-14-28(26)29,23-37(39,35(38)42)50-25-48-22-20-46-3)30-15-9-10-16-31(30)40(34)51(43,44)27-12-5-4-6-13-27;1-34-29(44-21-42-19-18-41-2)28(37)35-30-32(20-33(35,43)31(34)38,25-17-16-22-10-6-7-13-24(22)25)26-14-8-9-15-27(26)36(30)45(39,40)23-11-4-3-5-12-23;1-30-25-24(33)31-26-28(17-29(31,27(30)34)38-37-25,21-16-15-18-9-5-6-12-20(18)21)22-13-7-8-14-23(22)32(26)39(35,36)19-10-3-2-4-11-19/h4-16,18,33-34H,17,19-25H2,1-3H3;3-15,17,29-30,43H,16,18-21H2,1-2H3;2-14,16,25-26H,15,17H2,1H3/t33-,34-,36-,37-;29-,30-,32-,33-;25-,26-,28-,29-/m000/s1. The lowest BCUT2D eigenvalue weighted by Crippen LogP contribution is -2.72. The first-order valence-corrected chi connectivity index (χ1v) is 54.2. The number of rotatable bonds is 27. The van der Waals surface area contributed by atoms with E-state index in [0.717, 1.165) is 66.8 Å². The van der Waals surface area contributed by atoms with Gasteiger partial charge in [-0.05, 0) is 141 Å². The van der Waals surface area contributed by atoms with Crippen molar-refractivity contribution in [3.05, 3.63) is 305 Å². The number of thiol groups is 1. The molecule has 0 aromatic heterocycles. The molecule has 700 valence electrons. The van der Waals surface area contributed by atoms with Crippen LogP contribution in [0.3, 0.4) is 0 Å². The number of fused-ring (bicyclic) bond motifs is 18. The van der Waals surface area contributed by atoms with E-state index in [1.807, 2.05) is 103 Å². The topological polar surface area (TPSA) is 289 Å². The van der Waals surface area contributed by atoms with Gasteiger partial charge < -0.3 is 43.1 Å². The van der Waals surface area contributed by atoms with Crippen LogP contribution < -0.4 is 12.9 Å². The molecule has 2 bridgehead atoms. The minimum Gasteiger partial charge on any atom is -0.382 e. The third-order valence-corrected chi connectivity index (χ3v) is 40.8. The van der Waals surface area contributed by atoms with Gasteiger partial charge in [-0.2, -0.15) is 0 Å². The molecule has 0 saturated carbocycles. The number of ether oxygens (including phenoxy) is 6. The first kappa shape index (κ1) is 92.8. The van der Waals surface area contributed by atoms with Crippen molar-refractivity contribution < 1.29 is 82.4 Å². The lowest BCUT2D eigenvalue weighted by Gasteiger charge is -2.53. The van der Waals surface area contributed by atoms with Crippen LogP contribution in [-0.2, 0) is 123 Å². The molecule has 0 N–H and O–H groups in total. The number of carbonyl (C=O) groups is 6. The molecule has 23 rings (SSSR count). The largest absolute Gasteiger partial charge is 0.382 e. The molecule has 12 atom stereocenters. The first-order chi connectivity index (χ1) is 65.2. The summed E-state index contributed by atoms with van der Waals surface area (Å²) in [4.78, 5) is 92.8. The lowest BCUT2D eigenvalue weighted by molar-refractivity contribution is -0.158. The second-order valence-corrected chi connectivity index (χ2v) is 46.9. The highest BCUT2D eigenvalue weighted by Gasteiger charge is 2.80. The van der Waals surface area contributed by atoms with Crippen molar-refractivity contribution in [1.29, 1.82) is 0 Å². The average molecular weight is 1990 g/mol. The van der Waals surface area contributed by atoms with E-state index in [1.54, 1.807) is 161 Å². The molecule has 1 spiro atoms. The Bertz CT molecular complexity index is 6750. The summed E-state index contributed by atoms with van der Waals surface area (Å²) in [5.74, 6) is -1.45. The van der Waals surface area contributed by atoms with Crippen molar-refractivity contribution >= 4 is 169 Å². The minimum atomic E-state index is -4.28. The maximum Gasteiger partial charge on any atom is 0.266 e. The third-order valence-electron chi connectivity index (χ3n) is 28.1. The van der Waals surface area contributed by atoms with Crippen molar-refractivity contribution in [2.24, 2.45) is 0 Å². The van der Waals surface area contributed by atoms with Crippen molar-refractivity contribution in [1.82, 2.24) is 29.4 Å². The number of nitrogens with zero attached hydrogens (tertiary/aromatic N) is 9. The molecule has 6 amide bonds. The Morgan fingerprint density at radius 3 is 1.15 bits per heavy atom. The van der Waals surface area contributed by atoms with E-state index in [4.69, 9.17) is 41.0 Å². The van der Waals surface area contributed by atoms with Crippen molar-refractivity contribution in [3.8, 4) is 0 Å². The van der Waals surface area contributed by atoms with Crippen LogP contribution in [-0.4, -0.2) is 239 Å². The Balaban J connectivity index is 0.000000126. The number of para-hydroxylation sites is 3. The fourth-order valence-electron chi connectivity index (χ4n) is 22.5. The molecule has 8 saturated heterocycles. The fraction of sp³-hybridized carbons (Fsp3) is 0.333. The van der Waals surface area contributed by atoms with Crippen molar-refractivity contribution in [3.63, 3.8) is 0 Å². The molecule has 11 aliphatic heterocycles. The van der Waals surface area contributed by atoms with Gasteiger partial charge in [0.1, 0.15) is 18.5 Å². The fourth-order valence-corrected chi connectivity index (χ4v) is 34.8. The molecule has 11 heterocycles. The first-order valence-electron chi connectivity index (χ1n) is 44.1. The van der Waals surface area contributed by atoms with Gasteiger partial charge in [0.05, 0.1) is 105 Å². The number of piperazine rings is 3. The summed E-state index contributed by atoms with van der Waals surface area (Å²) in [6.07, 6.45) is 5.88. The molecule has 14 aliphatic rings. The second-order valence-electron chi connectivity index (χ2n) is 34.9. The molecular weight excluding hydrogens is 1890 g/mol. The van der Waals surface area contributed by atoms with Gasteiger partial charge in [0, 0.05) is 61.7 Å². The number of thioether (sulfide) groups is 3. The van der Waals surface area contributed by atoms with Gasteiger partial charge in [-0.1, -0.05) is 257 Å². The zero-order valence-corrected chi connectivity index (χ0v) is 81.8. The summed E-state index contributed by atoms with van der Waals surface area (Å²) >= 11 is 8.64. The zero-order chi connectivity index (χ0) is 94.1. The van der Waals surface area contributed by atoms with E-state index in [-0.39, 0.29) is 74.9 Å². The van der Waals surface area contributed by atoms with E-state index in [2.05, 4.69) is 42.5 Å². The van der Waals surface area contributed by atoms with Crippen LogP contribution in [0, 0.1) is 0 Å².